The van der Waals surface area contributed by atoms with Gasteiger partial charge in [0.2, 0.25) is 17.6 Å². The molecule has 152 valence electrons. The fourth-order valence-electron chi connectivity index (χ4n) is 3.23. The average Bonchev–Trinajstić information content (AvgIpc) is 3.41. The number of amides is 1. The van der Waals surface area contributed by atoms with Gasteiger partial charge >= 0.3 is 0 Å². The van der Waals surface area contributed by atoms with Crippen molar-refractivity contribution >= 4 is 5.91 Å². The quantitative estimate of drug-likeness (QED) is 0.511. The van der Waals surface area contributed by atoms with Crippen molar-refractivity contribution in [2.45, 2.75) is 25.8 Å². The van der Waals surface area contributed by atoms with Crippen LogP contribution in [0.4, 0.5) is 0 Å². The summed E-state index contributed by atoms with van der Waals surface area (Å²) >= 11 is 0. The molecular formula is C23H23N5O2. The van der Waals surface area contributed by atoms with E-state index >= 15 is 0 Å². The first-order valence-electron chi connectivity index (χ1n) is 9.81. The van der Waals surface area contributed by atoms with Gasteiger partial charge in [0.15, 0.2) is 0 Å². The normalized spacial score (nSPS) is 11.9. The van der Waals surface area contributed by atoms with Crippen LogP contribution in [-0.2, 0) is 18.3 Å². The molecule has 0 radical (unpaired) electrons. The Labute approximate surface area is 174 Å². The molecule has 1 atom stereocenters. The largest absolute Gasteiger partial charge is 0.342 e. The number of benzene rings is 2. The lowest BCUT2D eigenvalue weighted by molar-refractivity contribution is -0.121. The fourth-order valence-corrected chi connectivity index (χ4v) is 3.23. The van der Waals surface area contributed by atoms with E-state index in [0.29, 0.717) is 18.1 Å². The van der Waals surface area contributed by atoms with Crippen LogP contribution in [0.3, 0.4) is 0 Å². The van der Waals surface area contributed by atoms with Crippen molar-refractivity contribution in [2.24, 2.45) is 7.05 Å². The second-order valence-electron chi connectivity index (χ2n) is 7.19. The Hall–Kier alpha value is -3.74. The number of rotatable bonds is 7. The van der Waals surface area contributed by atoms with Crippen molar-refractivity contribution in [3.8, 4) is 11.4 Å². The van der Waals surface area contributed by atoms with Gasteiger partial charge in [-0.05, 0) is 12.5 Å². The molecule has 7 heteroatoms. The first-order chi connectivity index (χ1) is 14.6. The molecule has 0 saturated carbocycles. The van der Waals surface area contributed by atoms with Gasteiger partial charge in [-0.15, -0.1) is 0 Å². The van der Waals surface area contributed by atoms with Crippen LogP contribution in [0.5, 0.6) is 0 Å². The smallest absolute Gasteiger partial charge is 0.227 e. The Morgan fingerprint density at radius 1 is 1.13 bits per heavy atom. The third-order valence-electron chi connectivity index (χ3n) is 4.90. The highest BCUT2D eigenvalue weighted by atomic mass is 16.5. The lowest BCUT2D eigenvalue weighted by Gasteiger charge is -2.19. The lowest BCUT2D eigenvalue weighted by atomic mass is 10.1. The molecule has 4 aromatic rings. The molecule has 30 heavy (non-hydrogen) atoms. The Kier molecular flexibility index (Phi) is 5.70. The summed E-state index contributed by atoms with van der Waals surface area (Å²) in [5, 5.41) is 7.10. The van der Waals surface area contributed by atoms with Crippen LogP contribution in [0, 0.1) is 6.92 Å². The van der Waals surface area contributed by atoms with Crippen LogP contribution in [0.15, 0.2) is 71.5 Å². The van der Waals surface area contributed by atoms with Crippen molar-refractivity contribution in [1.29, 1.82) is 0 Å². The maximum Gasteiger partial charge on any atom is 0.227 e. The maximum atomic E-state index is 12.7. The van der Waals surface area contributed by atoms with Crippen molar-refractivity contribution in [1.82, 2.24) is 25.0 Å². The Balaban J connectivity index is 1.42. The molecule has 0 aliphatic heterocycles. The van der Waals surface area contributed by atoms with Gasteiger partial charge in [0, 0.05) is 37.8 Å². The van der Waals surface area contributed by atoms with Crippen LogP contribution >= 0.6 is 0 Å². The van der Waals surface area contributed by atoms with Gasteiger partial charge in [-0.3, -0.25) is 4.79 Å². The molecule has 7 nitrogen and oxygen atoms in total. The highest BCUT2D eigenvalue weighted by Crippen LogP contribution is 2.21. The van der Waals surface area contributed by atoms with Crippen LogP contribution in [0.1, 0.15) is 35.3 Å². The van der Waals surface area contributed by atoms with E-state index in [2.05, 4.69) is 20.4 Å². The van der Waals surface area contributed by atoms with E-state index in [1.54, 1.807) is 6.20 Å². The summed E-state index contributed by atoms with van der Waals surface area (Å²) in [5.74, 6) is 1.63. The third-order valence-corrected chi connectivity index (χ3v) is 4.90. The first-order valence-corrected chi connectivity index (χ1v) is 9.81. The number of carbonyl (C=O) groups is 1. The SMILES string of the molecule is Cc1ccc(-c2noc(CCC(=O)NC(c3ccccc3)c3nccn3C)n2)cc1. The second-order valence-corrected chi connectivity index (χ2v) is 7.19. The van der Waals surface area contributed by atoms with Crippen molar-refractivity contribution in [3.63, 3.8) is 0 Å². The summed E-state index contributed by atoms with van der Waals surface area (Å²) in [5.41, 5.74) is 3.03. The lowest BCUT2D eigenvalue weighted by Crippen LogP contribution is -2.31. The molecule has 0 aliphatic rings. The van der Waals surface area contributed by atoms with E-state index in [0.717, 1.165) is 17.0 Å². The fraction of sp³-hybridized carbons (Fsp3) is 0.217. The minimum Gasteiger partial charge on any atom is -0.342 e. The predicted molar refractivity (Wildman–Crippen MR) is 112 cm³/mol. The molecule has 1 amide bonds. The van der Waals surface area contributed by atoms with Gasteiger partial charge < -0.3 is 14.4 Å². The summed E-state index contributed by atoms with van der Waals surface area (Å²) in [6, 6.07) is 17.4. The summed E-state index contributed by atoms with van der Waals surface area (Å²) < 4.78 is 7.23. The number of hydrogen-bond acceptors (Lipinski definition) is 5. The molecule has 0 bridgehead atoms. The van der Waals surface area contributed by atoms with Crippen LogP contribution in [0.25, 0.3) is 11.4 Å². The minimum absolute atomic E-state index is 0.109. The van der Waals surface area contributed by atoms with E-state index in [4.69, 9.17) is 4.52 Å². The molecule has 1 N–H and O–H groups in total. The second kappa shape index (κ2) is 8.73. The molecule has 4 rings (SSSR count). The van der Waals surface area contributed by atoms with Gasteiger partial charge in [0.1, 0.15) is 11.9 Å². The molecule has 0 aliphatic carbocycles. The molecule has 2 aromatic heterocycles. The standard InChI is InChI=1S/C23H23N5O2/c1-16-8-10-18(11-9-16)22-26-20(30-27-22)13-12-19(29)25-21(17-6-4-3-5-7-17)23-24-14-15-28(23)2/h3-11,14-15,21H,12-13H2,1-2H3,(H,25,29). The monoisotopic (exact) mass is 401 g/mol. The maximum absolute atomic E-state index is 12.7. The number of carbonyl (C=O) groups excluding carboxylic acids is 1. The molecule has 1 unspecified atom stereocenters. The average molecular weight is 401 g/mol. The zero-order chi connectivity index (χ0) is 20.9. The van der Waals surface area contributed by atoms with Crippen molar-refractivity contribution in [3.05, 3.63) is 89.8 Å². The van der Waals surface area contributed by atoms with Crippen molar-refractivity contribution in [2.75, 3.05) is 0 Å². The number of imidazole rings is 1. The van der Waals surface area contributed by atoms with Gasteiger partial charge in [-0.2, -0.15) is 4.98 Å². The number of hydrogen-bond donors (Lipinski definition) is 1. The van der Waals surface area contributed by atoms with Gasteiger partial charge in [-0.25, -0.2) is 4.98 Å². The van der Waals surface area contributed by atoms with Gasteiger partial charge in [0.05, 0.1) is 0 Å². The molecule has 2 aromatic carbocycles. The Bertz CT molecular complexity index is 1120. The van der Waals surface area contributed by atoms with E-state index in [9.17, 15) is 4.79 Å². The molecule has 0 spiro atoms. The van der Waals surface area contributed by atoms with E-state index in [1.165, 1.54) is 5.56 Å². The Morgan fingerprint density at radius 3 is 2.60 bits per heavy atom. The number of aromatic nitrogens is 4. The molecule has 0 saturated heterocycles. The van der Waals surface area contributed by atoms with Crippen LogP contribution < -0.4 is 5.32 Å². The summed E-state index contributed by atoms with van der Waals surface area (Å²) in [7, 11) is 1.91. The molecular weight excluding hydrogens is 378 g/mol. The number of nitrogens with zero attached hydrogens (tertiary/aromatic N) is 4. The van der Waals surface area contributed by atoms with E-state index in [1.807, 2.05) is 79.3 Å². The minimum atomic E-state index is -0.329. The topological polar surface area (TPSA) is 85.8 Å². The third kappa shape index (κ3) is 4.46. The van der Waals surface area contributed by atoms with Gasteiger partial charge in [0.25, 0.3) is 0 Å². The highest BCUT2D eigenvalue weighted by molar-refractivity contribution is 5.77. The predicted octanol–water partition coefficient (Wildman–Crippen LogP) is 3.62. The summed E-state index contributed by atoms with van der Waals surface area (Å²) in [6.45, 7) is 2.03. The van der Waals surface area contributed by atoms with Crippen molar-refractivity contribution < 1.29 is 9.32 Å². The van der Waals surface area contributed by atoms with E-state index < -0.39 is 0 Å². The number of nitrogens with one attached hydrogen (secondary N) is 1. The first kappa shape index (κ1) is 19.6. The van der Waals surface area contributed by atoms with Crippen LogP contribution in [0.2, 0.25) is 0 Å². The van der Waals surface area contributed by atoms with Crippen LogP contribution in [-0.4, -0.2) is 25.6 Å². The van der Waals surface area contributed by atoms with E-state index in [-0.39, 0.29) is 18.4 Å². The van der Waals surface area contributed by atoms with Gasteiger partial charge in [-0.1, -0.05) is 65.3 Å². The molecule has 0 fully saturated rings. The highest BCUT2D eigenvalue weighted by Gasteiger charge is 2.21. The molecule has 2 heterocycles. The zero-order valence-corrected chi connectivity index (χ0v) is 16.9. The summed E-state index contributed by atoms with van der Waals surface area (Å²) in [6.07, 6.45) is 4.20. The zero-order valence-electron chi connectivity index (χ0n) is 16.9. The summed E-state index contributed by atoms with van der Waals surface area (Å²) in [4.78, 5) is 21.5. The Morgan fingerprint density at radius 2 is 1.90 bits per heavy atom. The number of aryl methyl sites for hydroxylation is 3.